The highest BCUT2D eigenvalue weighted by Gasteiger charge is 2.14. The number of aliphatic hydroxyl groups excluding tert-OH is 2. The van der Waals surface area contributed by atoms with E-state index < -0.39 is 11.9 Å². The highest BCUT2D eigenvalue weighted by molar-refractivity contribution is 5.99. The minimum Gasteiger partial charge on any atom is -0.396 e. The van der Waals surface area contributed by atoms with Crippen LogP contribution < -0.4 is 0 Å². The van der Waals surface area contributed by atoms with E-state index in [1.54, 1.807) is 6.92 Å². The van der Waals surface area contributed by atoms with Gasteiger partial charge >= 0.3 is 11.9 Å². The molecular formula is C13H20O5. The summed E-state index contributed by atoms with van der Waals surface area (Å²) >= 11 is 0. The number of rotatable bonds is 8. The van der Waals surface area contributed by atoms with Gasteiger partial charge in [-0.25, -0.2) is 9.59 Å². The van der Waals surface area contributed by atoms with Crippen molar-refractivity contribution in [2.75, 3.05) is 13.2 Å². The number of aliphatic hydroxyl groups is 2. The Balaban J connectivity index is 4.67. The molecule has 5 heteroatoms. The van der Waals surface area contributed by atoms with Crippen LogP contribution in [0.25, 0.3) is 0 Å². The molecule has 0 aromatic rings. The molecule has 0 atom stereocenters. The summed E-state index contributed by atoms with van der Waals surface area (Å²) in [5, 5.41) is 17.6. The van der Waals surface area contributed by atoms with Gasteiger partial charge in [0.25, 0.3) is 0 Å². The van der Waals surface area contributed by atoms with E-state index in [4.69, 9.17) is 10.2 Å². The topological polar surface area (TPSA) is 83.8 Å². The molecule has 0 aromatic heterocycles. The van der Waals surface area contributed by atoms with Gasteiger partial charge in [-0.05, 0) is 32.6 Å². The highest BCUT2D eigenvalue weighted by Crippen LogP contribution is 2.17. The number of carbonyl (C=O) groups is 2. The Bertz CT molecular complexity index is 330. The molecule has 5 nitrogen and oxygen atoms in total. The molecule has 0 spiro atoms. The monoisotopic (exact) mass is 256 g/mol. The first-order valence-corrected chi connectivity index (χ1v) is 5.85. The summed E-state index contributed by atoms with van der Waals surface area (Å²) in [6, 6.07) is 0. The quantitative estimate of drug-likeness (QED) is 0.294. The molecule has 0 aliphatic heterocycles. The number of unbranched alkanes of at least 4 members (excludes halogenated alkanes) is 1. The molecule has 0 unspecified atom stereocenters. The predicted octanol–water partition coefficient (Wildman–Crippen LogP) is 1.10. The Hall–Kier alpha value is -1.46. The molecule has 0 saturated heterocycles. The van der Waals surface area contributed by atoms with Gasteiger partial charge in [0.05, 0.1) is 0 Å². The van der Waals surface area contributed by atoms with Crippen molar-refractivity contribution < 1.29 is 24.5 Å². The Morgan fingerprint density at radius 1 is 1.17 bits per heavy atom. The van der Waals surface area contributed by atoms with Crippen LogP contribution in [0.5, 0.6) is 0 Å². The van der Waals surface area contributed by atoms with Crippen LogP contribution in [0.3, 0.4) is 0 Å². The predicted molar refractivity (Wildman–Crippen MR) is 66.6 cm³/mol. The van der Waals surface area contributed by atoms with E-state index in [9.17, 15) is 9.59 Å². The van der Waals surface area contributed by atoms with Gasteiger partial charge in [0.15, 0.2) is 0 Å². The number of hydrogen-bond acceptors (Lipinski definition) is 5. The first kappa shape index (κ1) is 16.5. The largest absolute Gasteiger partial charge is 0.396 e. The number of hydrogen-bond donors (Lipinski definition) is 2. The average molecular weight is 256 g/mol. The van der Waals surface area contributed by atoms with E-state index >= 15 is 0 Å². The lowest BCUT2D eigenvalue weighted by atomic mass is 10.0. The lowest BCUT2D eigenvalue weighted by Gasteiger charge is -2.09. The third kappa shape index (κ3) is 6.32. The van der Waals surface area contributed by atoms with Gasteiger partial charge in [0, 0.05) is 24.9 Å². The molecule has 0 radical (unpaired) electrons. The first-order chi connectivity index (χ1) is 8.56. The fourth-order valence-electron chi connectivity index (χ4n) is 1.44. The molecule has 2 N–H and O–H groups in total. The Morgan fingerprint density at radius 2 is 1.83 bits per heavy atom. The molecular weight excluding hydrogens is 236 g/mol. The molecule has 0 heterocycles. The molecule has 0 aromatic carbocycles. The average Bonchev–Trinajstić information content (AvgIpc) is 2.36. The molecule has 0 saturated carbocycles. The van der Waals surface area contributed by atoms with Gasteiger partial charge in [-0.15, -0.1) is 0 Å². The summed E-state index contributed by atoms with van der Waals surface area (Å²) in [4.78, 5) is 22.5. The van der Waals surface area contributed by atoms with Crippen LogP contribution in [0.1, 0.15) is 32.6 Å². The molecule has 0 bridgehead atoms. The lowest BCUT2D eigenvalue weighted by Crippen LogP contribution is -2.13. The molecule has 0 fully saturated rings. The van der Waals surface area contributed by atoms with E-state index in [2.05, 4.69) is 11.3 Å². The Labute approximate surface area is 107 Å². The molecule has 0 aliphatic carbocycles. The molecule has 0 aliphatic rings. The van der Waals surface area contributed by atoms with Crippen LogP contribution in [0.4, 0.5) is 0 Å². The van der Waals surface area contributed by atoms with E-state index in [0.29, 0.717) is 31.3 Å². The first-order valence-electron chi connectivity index (χ1n) is 5.85. The fraction of sp³-hybridized carbons (Fsp3) is 0.538. The third-order valence-electron chi connectivity index (χ3n) is 2.50. The number of carbonyl (C=O) groups excluding carboxylic acids is 2. The molecule has 0 amide bonds. The fourth-order valence-corrected chi connectivity index (χ4v) is 1.44. The summed E-state index contributed by atoms with van der Waals surface area (Å²) < 4.78 is 4.51. The second kappa shape index (κ2) is 9.56. The SMILES string of the molecule is C=CC(=O)OC(=O)C(C)=C(CCO)CCCCO. The third-order valence-corrected chi connectivity index (χ3v) is 2.50. The summed E-state index contributed by atoms with van der Waals surface area (Å²) in [6.45, 7) is 4.78. The van der Waals surface area contributed by atoms with Crippen molar-refractivity contribution in [2.24, 2.45) is 0 Å². The van der Waals surface area contributed by atoms with Gasteiger partial charge in [-0.2, -0.15) is 0 Å². The van der Waals surface area contributed by atoms with Crippen LogP contribution in [0, 0.1) is 0 Å². The van der Waals surface area contributed by atoms with Crippen molar-refractivity contribution in [1.82, 2.24) is 0 Å². The lowest BCUT2D eigenvalue weighted by molar-refractivity contribution is -0.153. The minimum absolute atomic E-state index is 0.0749. The summed E-state index contributed by atoms with van der Waals surface area (Å²) in [5.41, 5.74) is 1.07. The van der Waals surface area contributed by atoms with Crippen molar-refractivity contribution in [2.45, 2.75) is 32.6 Å². The standard InChI is InChI=1S/C13H20O5/c1-3-12(16)18-13(17)10(2)11(7-9-15)6-4-5-8-14/h3,14-15H,1,4-9H2,2H3. The maximum atomic E-state index is 11.6. The molecule has 18 heavy (non-hydrogen) atoms. The van der Waals surface area contributed by atoms with Crippen LogP contribution in [0.2, 0.25) is 0 Å². The summed E-state index contributed by atoms with van der Waals surface area (Å²) in [7, 11) is 0. The van der Waals surface area contributed by atoms with Crippen molar-refractivity contribution >= 4 is 11.9 Å². The normalized spacial score (nSPS) is 11.7. The van der Waals surface area contributed by atoms with Gasteiger partial charge < -0.3 is 14.9 Å². The van der Waals surface area contributed by atoms with Crippen LogP contribution in [-0.4, -0.2) is 35.4 Å². The molecule has 102 valence electrons. The zero-order chi connectivity index (χ0) is 14.0. The van der Waals surface area contributed by atoms with E-state index in [1.807, 2.05) is 0 Å². The van der Waals surface area contributed by atoms with E-state index in [-0.39, 0.29) is 13.2 Å². The Morgan fingerprint density at radius 3 is 2.33 bits per heavy atom. The van der Waals surface area contributed by atoms with Crippen LogP contribution in [0.15, 0.2) is 23.8 Å². The number of ether oxygens (including phenoxy) is 1. The Kier molecular flexibility index (Phi) is 8.78. The second-order valence-electron chi connectivity index (χ2n) is 3.80. The van der Waals surface area contributed by atoms with Gasteiger partial charge in [0.2, 0.25) is 0 Å². The van der Waals surface area contributed by atoms with Crippen LogP contribution >= 0.6 is 0 Å². The zero-order valence-corrected chi connectivity index (χ0v) is 10.6. The maximum Gasteiger partial charge on any atom is 0.341 e. The second-order valence-corrected chi connectivity index (χ2v) is 3.80. The summed E-state index contributed by atoms with van der Waals surface area (Å²) in [5.74, 6) is -1.51. The molecule has 0 rings (SSSR count). The van der Waals surface area contributed by atoms with Crippen molar-refractivity contribution in [3.8, 4) is 0 Å². The minimum atomic E-state index is -0.793. The summed E-state index contributed by atoms with van der Waals surface area (Å²) in [6.07, 6.45) is 3.20. The van der Waals surface area contributed by atoms with Gasteiger partial charge in [0.1, 0.15) is 0 Å². The van der Waals surface area contributed by atoms with E-state index in [1.165, 1.54) is 0 Å². The smallest absolute Gasteiger partial charge is 0.341 e. The zero-order valence-electron chi connectivity index (χ0n) is 10.6. The maximum absolute atomic E-state index is 11.6. The highest BCUT2D eigenvalue weighted by atomic mass is 16.6. The van der Waals surface area contributed by atoms with Gasteiger partial charge in [-0.3, -0.25) is 0 Å². The van der Waals surface area contributed by atoms with Crippen LogP contribution in [-0.2, 0) is 14.3 Å². The van der Waals surface area contributed by atoms with E-state index in [0.717, 1.165) is 11.6 Å². The van der Waals surface area contributed by atoms with Crippen molar-refractivity contribution in [3.63, 3.8) is 0 Å². The van der Waals surface area contributed by atoms with Crippen molar-refractivity contribution in [1.29, 1.82) is 0 Å². The van der Waals surface area contributed by atoms with Crippen molar-refractivity contribution in [3.05, 3.63) is 23.8 Å². The number of esters is 2. The van der Waals surface area contributed by atoms with Gasteiger partial charge in [-0.1, -0.05) is 12.2 Å².